The Kier molecular flexibility index (Phi) is 3.80. The zero-order chi connectivity index (χ0) is 10.6. The maximum Gasteiger partial charge on any atom is 0.189 e. The summed E-state index contributed by atoms with van der Waals surface area (Å²) in [6.45, 7) is 9.08. The summed E-state index contributed by atoms with van der Waals surface area (Å²) in [5.41, 5.74) is -0.593. The van der Waals surface area contributed by atoms with Crippen molar-refractivity contribution in [3.63, 3.8) is 0 Å². The van der Waals surface area contributed by atoms with Gasteiger partial charge in [0.1, 0.15) is 5.66 Å². The van der Waals surface area contributed by atoms with E-state index in [9.17, 15) is 4.79 Å². The predicted molar refractivity (Wildman–Crippen MR) is 57.1 cm³/mol. The molecule has 1 saturated heterocycles. The molecule has 80 valence electrons. The number of likely N-dealkylation sites (N-methyl/N-ethyl adjacent to an activating group) is 1. The minimum atomic E-state index is -0.593. The van der Waals surface area contributed by atoms with Crippen LogP contribution in [0, 0.1) is 0 Å². The first kappa shape index (κ1) is 11.4. The van der Waals surface area contributed by atoms with Gasteiger partial charge < -0.3 is 5.32 Å². The van der Waals surface area contributed by atoms with Gasteiger partial charge in [0.2, 0.25) is 0 Å². The fraction of sp³-hybridized carbons (Fsp3) is 0.700. The SMILES string of the molecule is C=CC(=O)C(C)(NC)N1CCNCC1. The highest BCUT2D eigenvalue weighted by atomic mass is 16.1. The first-order valence-electron chi connectivity index (χ1n) is 4.96. The summed E-state index contributed by atoms with van der Waals surface area (Å²) in [4.78, 5) is 13.9. The van der Waals surface area contributed by atoms with Crippen LogP contribution < -0.4 is 10.6 Å². The molecule has 1 rings (SSSR count). The van der Waals surface area contributed by atoms with Crippen molar-refractivity contribution in [2.24, 2.45) is 0 Å². The van der Waals surface area contributed by atoms with Crippen molar-refractivity contribution < 1.29 is 4.79 Å². The van der Waals surface area contributed by atoms with E-state index in [1.807, 2.05) is 14.0 Å². The van der Waals surface area contributed by atoms with Gasteiger partial charge in [-0.1, -0.05) is 6.58 Å². The summed E-state index contributed by atoms with van der Waals surface area (Å²) in [5, 5.41) is 6.34. The monoisotopic (exact) mass is 197 g/mol. The first-order valence-corrected chi connectivity index (χ1v) is 4.96. The second-order valence-corrected chi connectivity index (χ2v) is 3.63. The molecule has 0 bridgehead atoms. The average Bonchev–Trinajstić information content (AvgIpc) is 2.28. The van der Waals surface area contributed by atoms with E-state index in [1.165, 1.54) is 6.08 Å². The third-order valence-electron chi connectivity index (χ3n) is 2.90. The van der Waals surface area contributed by atoms with Gasteiger partial charge in [0.25, 0.3) is 0 Å². The summed E-state index contributed by atoms with van der Waals surface area (Å²) in [6, 6.07) is 0. The fourth-order valence-corrected chi connectivity index (χ4v) is 1.75. The predicted octanol–water partition coefficient (Wildman–Crippen LogP) is -0.418. The van der Waals surface area contributed by atoms with Crippen LogP contribution in [-0.4, -0.2) is 49.6 Å². The topological polar surface area (TPSA) is 44.4 Å². The third kappa shape index (κ3) is 2.03. The molecule has 0 saturated carbocycles. The number of nitrogens with one attached hydrogen (secondary N) is 2. The third-order valence-corrected chi connectivity index (χ3v) is 2.90. The highest BCUT2D eigenvalue weighted by Crippen LogP contribution is 2.13. The van der Waals surface area contributed by atoms with E-state index in [2.05, 4.69) is 22.1 Å². The van der Waals surface area contributed by atoms with Crippen LogP contribution >= 0.6 is 0 Å². The molecular formula is C10H19N3O. The summed E-state index contributed by atoms with van der Waals surface area (Å²) < 4.78 is 0. The zero-order valence-electron chi connectivity index (χ0n) is 8.97. The molecule has 14 heavy (non-hydrogen) atoms. The van der Waals surface area contributed by atoms with Crippen LogP contribution in [0.25, 0.3) is 0 Å². The van der Waals surface area contributed by atoms with Crippen molar-refractivity contribution in [1.29, 1.82) is 0 Å². The van der Waals surface area contributed by atoms with Gasteiger partial charge in [-0.05, 0) is 20.0 Å². The van der Waals surface area contributed by atoms with Gasteiger partial charge >= 0.3 is 0 Å². The van der Waals surface area contributed by atoms with Crippen molar-refractivity contribution >= 4 is 5.78 Å². The fourth-order valence-electron chi connectivity index (χ4n) is 1.75. The van der Waals surface area contributed by atoms with Gasteiger partial charge in [0.05, 0.1) is 0 Å². The van der Waals surface area contributed by atoms with Crippen molar-refractivity contribution in [3.8, 4) is 0 Å². The van der Waals surface area contributed by atoms with E-state index in [4.69, 9.17) is 0 Å². The van der Waals surface area contributed by atoms with E-state index in [0.717, 1.165) is 26.2 Å². The van der Waals surface area contributed by atoms with Gasteiger partial charge in [-0.25, -0.2) is 0 Å². The summed E-state index contributed by atoms with van der Waals surface area (Å²) in [5.74, 6) is 0.0295. The smallest absolute Gasteiger partial charge is 0.189 e. The Morgan fingerprint density at radius 2 is 2.14 bits per heavy atom. The molecule has 1 unspecified atom stereocenters. The number of ketones is 1. The lowest BCUT2D eigenvalue weighted by Crippen LogP contribution is -2.64. The van der Waals surface area contributed by atoms with E-state index >= 15 is 0 Å². The number of carbonyl (C=O) groups excluding carboxylic acids is 1. The van der Waals surface area contributed by atoms with Crippen LogP contribution in [0.2, 0.25) is 0 Å². The maximum atomic E-state index is 11.7. The Bertz CT molecular complexity index is 223. The highest BCUT2D eigenvalue weighted by molar-refractivity contribution is 5.96. The van der Waals surface area contributed by atoms with Crippen molar-refractivity contribution in [3.05, 3.63) is 12.7 Å². The molecule has 0 aliphatic carbocycles. The van der Waals surface area contributed by atoms with Crippen molar-refractivity contribution in [2.75, 3.05) is 33.2 Å². The minimum absolute atomic E-state index is 0.0295. The molecule has 1 fully saturated rings. The molecule has 4 nitrogen and oxygen atoms in total. The van der Waals surface area contributed by atoms with Gasteiger partial charge in [-0.15, -0.1) is 0 Å². The van der Waals surface area contributed by atoms with Crippen molar-refractivity contribution in [2.45, 2.75) is 12.6 Å². The van der Waals surface area contributed by atoms with Crippen LogP contribution in [0.5, 0.6) is 0 Å². The lowest BCUT2D eigenvalue weighted by molar-refractivity contribution is -0.127. The van der Waals surface area contributed by atoms with Gasteiger partial charge in [0, 0.05) is 26.2 Å². The van der Waals surface area contributed by atoms with Gasteiger partial charge in [0.15, 0.2) is 5.78 Å². The average molecular weight is 197 g/mol. The molecule has 4 heteroatoms. The van der Waals surface area contributed by atoms with Crippen LogP contribution in [0.4, 0.5) is 0 Å². The molecule has 1 aliphatic heterocycles. The quantitative estimate of drug-likeness (QED) is 0.601. The highest BCUT2D eigenvalue weighted by Gasteiger charge is 2.36. The summed E-state index contributed by atoms with van der Waals surface area (Å²) in [7, 11) is 1.81. The van der Waals surface area contributed by atoms with Gasteiger partial charge in [-0.3, -0.25) is 15.0 Å². The van der Waals surface area contributed by atoms with E-state index in [0.29, 0.717) is 0 Å². The number of piperazine rings is 1. The molecule has 2 N–H and O–H groups in total. The van der Waals surface area contributed by atoms with E-state index in [1.54, 1.807) is 0 Å². The Labute approximate surface area is 85.3 Å². The Hall–Kier alpha value is -0.710. The molecule has 0 spiro atoms. The number of hydrogen-bond acceptors (Lipinski definition) is 4. The Morgan fingerprint density at radius 1 is 1.57 bits per heavy atom. The molecule has 0 aromatic carbocycles. The first-order chi connectivity index (χ1) is 6.65. The molecule has 0 amide bonds. The number of carbonyl (C=O) groups is 1. The summed E-state index contributed by atoms with van der Waals surface area (Å²) in [6.07, 6.45) is 1.39. The molecule has 1 atom stereocenters. The lowest BCUT2D eigenvalue weighted by atomic mass is 10.0. The number of hydrogen-bond donors (Lipinski definition) is 2. The van der Waals surface area contributed by atoms with E-state index in [-0.39, 0.29) is 5.78 Å². The van der Waals surface area contributed by atoms with Gasteiger partial charge in [-0.2, -0.15) is 0 Å². The zero-order valence-corrected chi connectivity index (χ0v) is 8.97. The molecule has 0 radical (unpaired) electrons. The maximum absolute atomic E-state index is 11.7. The molecule has 0 aromatic rings. The van der Waals surface area contributed by atoms with Crippen LogP contribution in [0.15, 0.2) is 12.7 Å². The standard InChI is InChI=1S/C10H19N3O/c1-4-9(14)10(2,11-3)13-7-5-12-6-8-13/h4,11-12H,1,5-8H2,2-3H3. The number of nitrogens with zero attached hydrogens (tertiary/aromatic N) is 1. The summed E-state index contributed by atoms with van der Waals surface area (Å²) >= 11 is 0. The molecule has 1 aliphatic rings. The van der Waals surface area contributed by atoms with Crippen LogP contribution in [0.3, 0.4) is 0 Å². The normalized spacial score (nSPS) is 22.7. The second-order valence-electron chi connectivity index (χ2n) is 3.63. The molecule has 0 aromatic heterocycles. The van der Waals surface area contributed by atoms with E-state index < -0.39 is 5.66 Å². The molecular weight excluding hydrogens is 178 g/mol. The lowest BCUT2D eigenvalue weighted by Gasteiger charge is -2.41. The Balaban J connectivity index is 2.76. The minimum Gasteiger partial charge on any atom is -0.314 e. The Morgan fingerprint density at radius 3 is 2.57 bits per heavy atom. The molecule has 1 heterocycles. The number of rotatable bonds is 4. The van der Waals surface area contributed by atoms with Crippen LogP contribution in [-0.2, 0) is 4.79 Å². The largest absolute Gasteiger partial charge is 0.314 e. The second kappa shape index (κ2) is 4.68. The van der Waals surface area contributed by atoms with Crippen molar-refractivity contribution in [1.82, 2.24) is 15.5 Å². The van der Waals surface area contributed by atoms with Crippen LogP contribution in [0.1, 0.15) is 6.92 Å².